The third-order valence-electron chi connectivity index (χ3n) is 1.48. The van der Waals surface area contributed by atoms with Crippen molar-refractivity contribution in [2.24, 2.45) is 0 Å². The molecule has 0 heterocycles. The summed E-state index contributed by atoms with van der Waals surface area (Å²) in [5.41, 5.74) is 0. The topological polar surface area (TPSA) is 116 Å². The first kappa shape index (κ1) is 13.1. The summed E-state index contributed by atoms with van der Waals surface area (Å²) in [5.74, 6) is -0.723. The van der Waals surface area contributed by atoms with Gasteiger partial charge in [0.1, 0.15) is 12.6 Å². The number of hydrazine groups is 1. The minimum Gasteiger partial charge on any atom is -0.309 e. The highest BCUT2D eigenvalue weighted by molar-refractivity contribution is 5.74. The summed E-state index contributed by atoms with van der Waals surface area (Å²) in [6.07, 6.45) is -1.09. The summed E-state index contributed by atoms with van der Waals surface area (Å²) < 4.78 is 0. The maximum Gasteiger partial charge on any atom is 0.294 e. The first-order valence-electron chi connectivity index (χ1n) is 4.14. The second-order valence-corrected chi connectivity index (χ2v) is 2.71. The third-order valence-corrected chi connectivity index (χ3v) is 1.48. The molecule has 86 valence electrons. The molecule has 9 nitrogen and oxygen atoms in total. The maximum absolute atomic E-state index is 11.0. The zero-order chi connectivity index (χ0) is 12.0. The second kappa shape index (κ2) is 5.73. The number of rotatable bonds is 6. The average molecular weight is 221 g/mol. The first-order valence-corrected chi connectivity index (χ1v) is 4.14. The monoisotopic (exact) mass is 221 g/mol. The number of hydrogen-bond acceptors (Lipinski definition) is 6. The van der Waals surface area contributed by atoms with Gasteiger partial charge < -0.3 is 4.84 Å². The number of hydrogen-bond donors (Lipinski definition) is 0. The van der Waals surface area contributed by atoms with Crippen molar-refractivity contribution in [3.05, 3.63) is 20.2 Å². The number of carbonyl (C=O) groups excluding carboxylic acids is 1. The summed E-state index contributed by atoms with van der Waals surface area (Å²) in [6, 6.07) is 0. The number of nitrogens with zero attached hydrogens (tertiary/aromatic N) is 3. The molecule has 0 rings (SSSR count). The molecule has 1 amide bonds. The predicted molar refractivity (Wildman–Crippen MR) is 46.5 cm³/mol. The van der Waals surface area contributed by atoms with Crippen LogP contribution in [0.25, 0.3) is 0 Å². The number of nitro groups is 1. The molecule has 0 fully saturated rings. The van der Waals surface area contributed by atoms with Gasteiger partial charge in [0.25, 0.3) is 11.0 Å². The van der Waals surface area contributed by atoms with Crippen molar-refractivity contribution in [3.8, 4) is 0 Å². The van der Waals surface area contributed by atoms with Crippen LogP contribution in [0.2, 0.25) is 0 Å². The Kier molecular flexibility index (Phi) is 4.99. The Labute approximate surface area is 84.8 Å². The summed E-state index contributed by atoms with van der Waals surface area (Å²) in [5, 5.41) is 18.6. The van der Waals surface area contributed by atoms with Crippen LogP contribution in [0.1, 0.15) is 20.3 Å². The molecule has 15 heavy (non-hydrogen) atoms. The quantitative estimate of drug-likeness (QED) is 0.460. The Morgan fingerprint density at radius 1 is 1.47 bits per heavy atom. The average Bonchev–Trinajstić information content (AvgIpc) is 2.11. The second-order valence-electron chi connectivity index (χ2n) is 2.71. The van der Waals surface area contributed by atoms with Gasteiger partial charge in [-0.3, -0.25) is 4.79 Å². The van der Waals surface area contributed by atoms with Gasteiger partial charge in [-0.05, 0) is 6.92 Å². The standard InChI is InChI=1S/C6H11N3O6/c1-3-6(10)7(8(11)12)4-5(2)15-9(13)14/h5H,3-4H2,1-2H3. The van der Waals surface area contributed by atoms with Crippen LogP contribution in [0, 0.1) is 20.2 Å². The van der Waals surface area contributed by atoms with Gasteiger partial charge in [-0.2, -0.15) is 0 Å². The molecule has 0 bridgehead atoms. The molecule has 9 heteroatoms. The predicted octanol–water partition coefficient (Wildman–Crippen LogP) is 0.0135. The molecule has 1 atom stereocenters. The van der Waals surface area contributed by atoms with Crippen LogP contribution in [-0.4, -0.2) is 33.7 Å². The van der Waals surface area contributed by atoms with Gasteiger partial charge >= 0.3 is 0 Å². The molecule has 0 aromatic carbocycles. The molecule has 0 saturated heterocycles. The van der Waals surface area contributed by atoms with Crippen molar-refractivity contribution < 1.29 is 19.8 Å². The highest BCUT2D eigenvalue weighted by atomic mass is 17.0. The molecule has 0 saturated carbocycles. The van der Waals surface area contributed by atoms with Crippen LogP contribution >= 0.6 is 0 Å². The fraction of sp³-hybridized carbons (Fsp3) is 0.833. The number of amides is 1. The van der Waals surface area contributed by atoms with E-state index >= 15 is 0 Å². The van der Waals surface area contributed by atoms with Gasteiger partial charge in [0.05, 0.1) is 0 Å². The van der Waals surface area contributed by atoms with E-state index in [4.69, 9.17) is 0 Å². The van der Waals surface area contributed by atoms with E-state index < -0.39 is 28.7 Å². The fourth-order valence-electron chi connectivity index (χ4n) is 0.866. The largest absolute Gasteiger partial charge is 0.309 e. The van der Waals surface area contributed by atoms with Crippen LogP contribution in [0.3, 0.4) is 0 Å². The molecule has 0 aliphatic carbocycles. The van der Waals surface area contributed by atoms with E-state index in [1.165, 1.54) is 13.8 Å². The fourth-order valence-corrected chi connectivity index (χ4v) is 0.866. The van der Waals surface area contributed by atoms with Gasteiger partial charge in [-0.25, -0.2) is 10.1 Å². The van der Waals surface area contributed by atoms with Crippen molar-refractivity contribution in [2.45, 2.75) is 26.4 Å². The zero-order valence-electron chi connectivity index (χ0n) is 8.28. The molecule has 0 aliphatic rings. The lowest BCUT2D eigenvalue weighted by Gasteiger charge is -2.14. The van der Waals surface area contributed by atoms with Gasteiger partial charge in [-0.1, -0.05) is 11.9 Å². The van der Waals surface area contributed by atoms with Crippen molar-refractivity contribution in [1.29, 1.82) is 0 Å². The van der Waals surface area contributed by atoms with E-state index in [2.05, 4.69) is 4.84 Å². The molecule has 1 unspecified atom stereocenters. The van der Waals surface area contributed by atoms with E-state index in [1.54, 1.807) is 0 Å². The normalized spacial score (nSPS) is 11.6. The van der Waals surface area contributed by atoms with E-state index in [0.29, 0.717) is 5.01 Å². The van der Waals surface area contributed by atoms with Gasteiger partial charge in [0, 0.05) is 6.42 Å². The third kappa shape index (κ3) is 4.74. The van der Waals surface area contributed by atoms with E-state index in [9.17, 15) is 25.0 Å². The Hall–Kier alpha value is -1.93. The van der Waals surface area contributed by atoms with Gasteiger partial charge in [0.2, 0.25) is 0 Å². The summed E-state index contributed by atoms with van der Waals surface area (Å²) >= 11 is 0. The lowest BCUT2D eigenvalue weighted by Crippen LogP contribution is -2.41. The van der Waals surface area contributed by atoms with E-state index in [0.717, 1.165) is 0 Å². The van der Waals surface area contributed by atoms with E-state index in [-0.39, 0.29) is 6.42 Å². The Bertz CT molecular complexity index is 268. The van der Waals surface area contributed by atoms with Crippen LogP contribution < -0.4 is 0 Å². The van der Waals surface area contributed by atoms with Crippen LogP contribution in [0.15, 0.2) is 0 Å². The summed E-state index contributed by atoms with van der Waals surface area (Å²) in [6.45, 7) is 2.26. The van der Waals surface area contributed by atoms with Crippen LogP contribution in [-0.2, 0) is 9.63 Å². The van der Waals surface area contributed by atoms with Crippen molar-refractivity contribution in [1.82, 2.24) is 5.01 Å². The maximum atomic E-state index is 11.0. The molecule has 0 aliphatic heterocycles. The van der Waals surface area contributed by atoms with E-state index in [1.807, 2.05) is 0 Å². The lowest BCUT2D eigenvalue weighted by atomic mass is 10.3. The molecular formula is C6H11N3O6. The van der Waals surface area contributed by atoms with Crippen molar-refractivity contribution in [2.75, 3.05) is 6.54 Å². The zero-order valence-corrected chi connectivity index (χ0v) is 8.28. The molecule has 0 spiro atoms. The highest BCUT2D eigenvalue weighted by Crippen LogP contribution is 2.00. The Morgan fingerprint density at radius 3 is 2.33 bits per heavy atom. The van der Waals surface area contributed by atoms with Crippen molar-refractivity contribution in [3.63, 3.8) is 0 Å². The summed E-state index contributed by atoms with van der Waals surface area (Å²) in [7, 11) is 0. The molecular weight excluding hydrogens is 210 g/mol. The first-order chi connectivity index (χ1) is 6.88. The van der Waals surface area contributed by atoms with Gasteiger partial charge in [-0.15, -0.1) is 10.1 Å². The highest BCUT2D eigenvalue weighted by Gasteiger charge is 2.26. The smallest absolute Gasteiger partial charge is 0.294 e. The lowest BCUT2D eigenvalue weighted by molar-refractivity contribution is -0.770. The van der Waals surface area contributed by atoms with Gasteiger partial charge in [0.15, 0.2) is 5.03 Å². The van der Waals surface area contributed by atoms with Crippen LogP contribution in [0.5, 0.6) is 0 Å². The van der Waals surface area contributed by atoms with Crippen LogP contribution in [0.4, 0.5) is 0 Å². The van der Waals surface area contributed by atoms with Crippen molar-refractivity contribution >= 4 is 5.91 Å². The summed E-state index contributed by atoms with van der Waals surface area (Å²) in [4.78, 5) is 35.4. The SMILES string of the molecule is CCC(=O)N(CC(C)O[N+](=O)[O-])[N+](=O)[O-]. The Morgan fingerprint density at radius 2 is 2.00 bits per heavy atom. The number of carbonyl (C=O) groups is 1. The molecule has 0 aromatic rings. The molecule has 0 radical (unpaired) electrons. The minimum atomic E-state index is -1.06. The Balaban J connectivity index is 4.35. The minimum absolute atomic E-state index is 0.0494. The molecule has 0 N–H and O–H groups in total. The molecule has 0 aromatic heterocycles.